The SMILES string of the molecule is C=CC(=C)C12CC3C4CC56CC7(C(=C)C=C)CC8C9CC(C1)(C3C85)C(C4C2)C6C9C7.C=CC(=C)C12CC3C4CC5C6CC7(C(=C)C=C)CC5C(C4C1)C(C2)(C7)C36. The van der Waals surface area contributed by atoms with Crippen LogP contribution < -0.4 is 0 Å². The Labute approximate surface area is 338 Å². The Bertz CT molecular complexity index is 1860. The Balaban J connectivity index is 0.000000111. The van der Waals surface area contributed by atoms with Crippen molar-refractivity contribution in [2.24, 2.45) is 144 Å². The minimum Gasteiger partial charge on any atom is -0.0988 e. The molecule has 0 N–H and O–H groups in total. The molecule has 0 heterocycles. The van der Waals surface area contributed by atoms with Gasteiger partial charge >= 0.3 is 0 Å². The number of hydrogen-bond donors (Lipinski definition) is 0. The van der Waals surface area contributed by atoms with E-state index in [2.05, 4.69) is 76.9 Å². The standard InChI is InChI=1S/C30H36.C26H32/c1-5-15(3)27-7-19-17-12-30-14-28(16(4)6-2)9-21-18-11-29(13-27,23(19)25(21)30)24(20(17)8-27)26(30)22(18)10-28;1-5-14(3)24-8-18-16-7-17-20-10-25(15(4)6-2)11-21(17)23(19(16)9-24)26(12-24,13-25)22(18)20/h5-6,17-26H,1-4,7-14H2;5-6,16-23H,1-4,7-13H2. The highest BCUT2D eigenvalue weighted by atomic mass is 14.9. The van der Waals surface area contributed by atoms with Crippen LogP contribution >= 0.6 is 0 Å². The summed E-state index contributed by atoms with van der Waals surface area (Å²) in [4.78, 5) is 0. The maximum absolute atomic E-state index is 4.61. The molecule has 23 rings (SSSR count). The van der Waals surface area contributed by atoms with Crippen LogP contribution in [-0.2, 0) is 0 Å². The first kappa shape index (κ1) is 32.7. The van der Waals surface area contributed by atoms with Crippen molar-refractivity contribution in [1.29, 1.82) is 0 Å². The molecule has 56 heavy (non-hydrogen) atoms. The molecule has 0 aliphatic heterocycles. The normalized spacial score (nSPS) is 67.3. The van der Waals surface area contributed by atoms with Crippen LogP contribution in [0.2, 0.25) is 0 Å². The minimum atomic E-state index is 0.399. The molecule has 3 spiro atoms. The van der Waals surface area contributed by atoms with Gasteiger partial charge in [0, 0.05) is 0 Å². The molecule has 0 saturated heterocycles. The summed E-state index contributed by atoms with van der Waals surface area (Å²) in [5.74, 6) is 18.8. The summed E-state index contributed by atoms with van der Waals surface area (Å²) >= 11 is 0. The van der Waals surface area contributed by atoms with Crippen molar-refractivity contribution >= 4 is 0 Å². The van der Waals surface area contributed by atoms with Crippen molar-refractivity contribution in [1.82, 2.24) is 0 Å². The van der Waals surface area contributed by atoms with Crippen molar-refractivity contribution in [3.05, 3.63) is 99.2 Å². The first-order valence-electron chi connectivity index (χ1n) is 24.2. The molecule has 23 fully saturated rings. The second-order valence-corrected chi connectivity index (χ2v) is 25.8. The zero-order valence-electron chi connectivity index (χ0n) is 34.5. The summed E-state index contributed by atoms with van der Waals surface area (Å²) in [7, 11) is 0. The summed E-state index contributed by atoms with van der Waals surface area (Å²) in [6.45, 7) is 35.0. The third-order valence-corrected chi connectivity index (χ3v) is 26.0. The summed E-state index contributed by atoms with van der Waals surface area (Å²) in [6, 6.07) is 0. The Hall–Kier alpha value is -2.08. The van der Waals surface area contributed by atoms with Gasteiger partial charge in [0.1, 0.15) is 0 Å². The molecule has 0 nitrogen and oxygen atoms in total. The quantitative estimate of drug-likeness (QED) is 0.217. The van der Waals surface area contributed by atoms with Gasteiger partial charge in [-0.15, -0.1) is 0 Å². The van der Waals surface area contributed by atoms with Crippen molar-refractivity contribution < 1.29 is 0 Å². The van der Waals surface area contributed by atoms with Crippen molar-refractivity contribution in [2.75, 3.05) is 0 Å². The average Bonchev–Trinajstić information content (AvgIpc) is 3.20. The molecular formula is C56H68. The molecule has 0 amide bonds. The highest BCUT2D eigenvalue weighted by molar-refractivity contribution is 5.44. The van der Waals surface area contributed by atoms with Gasteiger partial charge < -0.3 is 0 Å². The lowest BCUT2D eigenvalue weighted by atomic mass is 9.11. The second kappa shape index (κ2) is 9.14. The summed E-state index contributed by atoms with van der Waals surface area (Å²) in [6.07, 6.45) is 30.9. The highest BCUT2D eigenvalue weighted by Crippen LogP contribution is 2.96. The van der Waals surface area contributed by atoms with Crippen molar-refractivity contribution in [3.63, 3.8) is 0 Å². The Kier molecular flexibility index (Phi) is 5.34. The fourth-order valence-electron chi connectivity index (χ4n) is 26.4. The molecule has 12 atom stereocenters. The van der Waals surface area contributed by atoms with E-state index in [9.17, 15) is 0 Å². The number of allylic oxidation sites excluding steroid dienone is 8. The molecule has 25 bridgehead atoms. The first-order valence-corrected chi connectivity index (χ1v) is 24.2. The molecular weight excluding hydrogens is 673 g/mol. The average molecular weight is 741 g/mol. The van der Waals surface area contributed by atoms with Gasteiger partial charge in [-0.3, -0.25) is 0 Å². The molecule has 0 aromatic heterocycles. The predicted molar refractivity (Wildman–Crippen MR) is 226 cm³/mol. The van der Waals surface area contributed by atoms with Crippen LogP contribution in [0.5, 0.6) is 0 Å². The zero-order valence-corrected chi connectivity index (χ0v) is 34.5. The zero-order chi connectivity index (χ0) is 37.6. The minimum absolute atomic E-state index is 0.399. The molecule has 0 radical (unpaired) electrons. The molecule has 12 unspecified atom stereocenters. The van der Waals surface area contributed by atoms with E-state index >= 15 is 0 Å². The smallest absolute Gasteiger partial charge is 0.00419 e. The van der Waals surface area contributed by atoms with Gasteiger partial charge in [0.05, 0.1) is 0 Å². The van der Waals surface area contributed by atoms with Crippen LogP contribution in [-0.4, -0.2) is 0 Å². The van der Waals surface area contributed by atoms with Gasteiger partial charge in [0.2, 0.25) is 0 Å². The van der Waals surface area contributed by atoms with Crippen LogP contribution in [0.4, 0.5) is 0 Å². The largest absolute Gasteiger partial charge is 0.0988 e. The first-order chi connectivity index (χ1) is 26.9. The molecule has 292 valence electrons. The fourth-order valence-corrected chi connectivity index (χ4v) is 26.4. The van der Waals surface area contributed by atoms with Gasteiger partial charge in [0.25, 0.3) is 0 Å². The Morgan fingerprint density at radius 2 is 0.554 bits per heavy atom. The van der Waals surface area contributed by atoms with E-state index < -0.39 is 0 Å². The van der Waals surface area contributed by atoms with Gasteiger partial charge in [-0.1, -0.05) is 76.9 Å². The summed E-state index contributed by atoms with van der Waals surface area (Å²) in [5, 5.41) is 0. The van der Waals surface area contributed by atoms with E-state index in [1.165, 1.54) is 99.3 Å². The monoisotopic (exact) mass is 741 g/mol. The van der Waals surface area contributed by atoms with E-state index in [1.807, 2.05) is 0 Å². The molecule has 23 aliphatic carbocycles. The third-order valence-electron chi connectivity index (χ3n) is 26.0. The maximum Gasteiger partial charge on any atom is -0.00419 e. The molecule has 23 saturated carbocycles. The van der Waals surface area contributed by atoms with Gasteiger partial charge in [-0.25, -0.2) is 0 Å². The number of rotatable bonds is 8. The maximum atomic E-state index is 4.61. The Morgan fingerprint density at radius 3 is 0.821 bits per heavy atom. The molecule has 0 aromatic carbocycles. The van der Waals surface area contributed by atoms with E-state index in [0.29, 0.717) is 37.9 Å². The molecule has 0 heteroatoms. The summed E-state index contributed by atoms with van der Waals surface area (Å²) < 4.78 is 0. The molecule has 0 aromatic rings. The van der Waals surface area contributed by atoms with Crippen LogP contribution in [0, 0.1) is 144 Å². The predicted octanol–water partition coefficient (Wildman–Crippen LogP) is 13.0. The topological polar surface area (TPSA) is 0 Å². The van der Waals surface area contributed by atoms with Crippen LogP contribution in [0.1, 0.15) is 96.3 Å². The summed E-state index contributed by atoms with van der Waals surface area (Å²) in [5.41, 5.74) is 9.30. The molecule has 23 aliphatic rings. The third kappa shape index (κ3) is 2.89. The van der Waals surface area contributed by atoms with Crippen molar-refractivity contribution in [3.8, 4) is 0 Å². The van der Waals surface area contributed by atoms with E-state index in [4.69, 9.17) is 0 Å². The van der Waals surface area contributed by atoms with E-state index in [1.54, 1.807) is 19.3 Å². The fraction of sp³-hybridized carbons (Fsp3) is 0.714. The number of hydrogen-bond acceptors (Lipinski definition) is 0. The second-order valence-electron chi connectivity index (χ2n) is 25.8. The Morgan fingerprint density at radius 1 is 0.304 bits per heavy atom. The lowest BCUT2D eigenvalue weighted by Crippen LogP contribution is -2.87. The van der Waals surface area contributed by atoms with E-state index in [0.717, 1.165) is 107 Å². The van der Waals surface area contributed by atoms with Crippen molar-refractivity contribution in [2.45, 2.75) is 96.3 Å². The lowest BCUT2D eigenvalue weighted by Gasteiger charge is -2.93. The van der Waals surface area contributed by atoms with Gasteiger partial charge in [-0.05, 0) is 263 Å². The van der Waals surface area contributed by atoms with Gasteiger partial charge in [-0.2, -0.15) is 0 Å². The van der Waals surface area contributed by atoms with Crippen LogP contribution in [0.25, 0.3) is 0 Å². The highest BCUT2D eigenvalue weighted by Gasteiger charge is 2.89. The van der Waals surface area contributed by atoms with E-state index in [-0.39, 0.29) is 0 Å². The van der Waals surface area contributed by atoms with Crippen LogP contribution in [0.15, 0.2) is 99.2 Å². The van der Waals surface area contributed by atoms with Gasteiger partial charge in [0.15, 0.2) is 0 Å². The lowest BCUT2D eigenvalue weighted by molar-refractivity contribution is -0.443. The van der Waals surface area contributed by atoms with Crippen LogP contribution in [0.3, 0.4) is 0 Å².